The van der Waals surface area contributed by atoms with E-state index in [4.69, 9.17) is 14.0 Å². The zero-order valence-electron chi connectivity index (χ0n) is 17.2. The second-order valence-electron chi connectivity index (χ2n) is 7.90. The van der Waals surface area contributed by atoms with Crippen LogP contribution in [-0.2, 0) is 17.8 Å². The largest absolute Gasteiger partial charge is 0.496 e. The molecule has 2 aliphatic rings. The highest BCUT2D eigenvalue weighted by Gasteiger charge is 2.30. The molecule has 2 saturated heterocycles. The number of ether oxygens (including phenoxy) is 2. The van der Waals surface area contributed by atoms with Crippen molar-refractivity contribution in [3.63, 3.8) is 0 Å². The average Bonchev–Trinajstić information content (AvgIpc) is 3.28. The SMILES string of the molecule is COc1ccc(CN2CCC[C@H]2c2c(C)noc2C)cc1CN1CCOCC1. The van der Waals surface area contributed by atoms with E-state index in [1.165, 1.54) is 29.5 Å². The monoisotopic (exact) mass is 385 g/mol. The molecule has 0 unspecified atom stereocenters. The van der Waals surface area contributed by atoms with Gasteiger partial charge in [-0.05, 0) is 50.9 Å². The molecule has 2 fully saturated rings. The quantitative estimate of drug-likeness (QED) is 0.759. The standard InChI is InChI=1S/C22H31N3O3/c1-16-22(17(2)28-23-16)20-5-4-8-25(20)14-18-6-7-21(26-3)19(13-18)15-24-9-11-27-12-10-24/h6-7,13,20H,4-5,8-12,14-15H2,1-3H3/t20-/m0/s1. The van der Waals surface area contributed by atoms with Crippen molar-refractivity contribution in [3.8, 4) is 5.75 Å². The topological polar surface area (TPSA) is 51.0 Å². The van der Waals surface area contributed by atoms with Crippen molar-refractivity contribution < 1.29 is 14.0 Å². The fourth-order valence-electron chi connectivity index (χ4n) is 4.60. The number of nitrogens with zero attached hydrogens (tertiary/aromatic N) is 3. The zero-order valence-corrected chi connectivity index (χ0v) is 17.2. The van der Waals surface area contributed by atoms with Crippen molar-refractivity contribution >= 4 is 0 Å². The molecule has 28 heavy (non-hydrogen) atoms. The van der Waals surface area contributed by atoms with Gasteiger partial charge < -0.3 is 14.0 Å². The predicted octanol–water partition coefficient (Wildman–Crippen LogP) is 3.47. The molecule has 1 aromatic carbocycles. The van der Waals surface area contributed by atoms with E-state index in [2.05, 4.69) is 40.1 Å². The summed E-state index contributed by atoms with van der Waals surface area (Å²) in [5, 5.41) is 4.17. The zero-order chi connectivity index (χ0) is 19.5. The first-order chi connectivity index (χ1) is 13.7. The fraction of sp³-hybridized carbons (Fsp3) is 0.591. The molecule has 0 bridgehead atoms. The molecule has 4 rings (SSSR count). The number of hydrogen-bond acceptors (Lipinski definition) is 6. The van der Waals surface area contributed by atoms with Gasteiger partial charge in [0.25, 0.3) is 0 Å². The number of hydrogen-bond donors (Lipinski definition) is 0. The van der Waals surface area contributed by atoms with Crippen molar-refractivity contribution in [2.45, 2.75) is 45.8 Å². The molecule has 1 aromatic heterocycles. The van der Waals surface area contributed by atoms with E-state index in [1.807, 2.05) is 6.92 Å². The van der Waals surface area contributed by atoms with E-state index in [0.29, 0.717) is 6.04 Å². The van der Waals surface area contributed by atoms with Crippen LogP contribution < -0.4 is 4.74 Å². The number of likely N-dealkylation sites (tertiary alicyclic amines) is 1. The van der Waals surface area contributed by atoms with Crippen LogP contribution >= 0.6 is 0 Å². The molecule has 2 aliphatic heterocycles. The lowest BCUT2D eigenvalue weighted by molar-refractivity contribution is 0.0338. The van der Waals surface area contributed by atoms with Crippen LogP contribution in [-0.4, -0.2) is 54.9 Å². The predicted molar refractivity (Wildman–Crippen MR) is 107 cm³/mol. The first-order valence-electron chi connectivity index (χ1n) is 10.3. The van der Waals surface area contributed by atoms with Crippen molar-refractivity contribution in [1.82, 2.24) is 15.0 Å². The van der Waals surface area contributed by atoms with Crippen LogP contribution in [0.4, 0.5) is 0 Å². The highest BCUT2D eigenvalue weighted by Crippen LogP contribution is 2.36. The van der Waals surface area contributed by atoms with Gasteiger partial charge in [0.2, 0.25) is 0 Å². The van der Waals surface area contributed by atoms with Gasteiger partial charge in [-0.15, -0.1) is 0 Å². The molecule has 3 heterocycles. The first kappa shape index (κ1) is 19.4. The minimum atomic E-state index is 0.399. The molecular weight excluding hydrogens is 354 g/mol. The van der Waals surface area contributed by atoms with Crippen molar-refractivity contribution in [2.24, 2.45) is 0 Å². The summed E-state index contributed by atoms with van der Waals surface area (Å²) in [7, 11) is 1.76. The van der Waals surface area contributed by atoms with Crippen molar-refractivity contribution in [1.29, 1.82) is 0 Å². The van der Waals surface area contributed by atoms with Crippen molar-refractivity contribution in [3.05, 3.63) is 46.3 Å². The normalized spacial score (nSPS) is 21.3. The summed E-state index contributed by atoms with van der Waals surface area (Å²) in [5.74, 6) is 1.93. The lowest BCUT2D eigenvalue weighted by atomic mass is 10.0. The molecule has 0 N–H and O–H groups in total. The van der Waals surface area contributed by atoms with Crippen LogP contribution in [0.3, 0.4) is 0 Å². The molecule has 6 nitrogen and oxygen atoms in total. The second kappa shape index (κ2) is 8.64. The maximum atomic E-state index is 5.63. The van der Waals surface area contributed by atoms with Gasteiger partial charge in [0.15, 0.2) is 0 Å². The third-order valence-electron chi connectivity index (χ3n) is 6.01. The third kappa shape index (κ3) is 4.09. The van der Waals surface area contributed by atoms with Gasteiger partial charge in [-0.25, -0.2) is 0 Å². The Labute approximate surface area is 167 Å². The Bertz CT molecular complexity index is 779. The summed E-state index contributed by atoms with van der Waals surface area (Å²) in [4.78, 5) is 5.00. The maximum absolute atomic E-state index is 5.63. The van der Waals surface area contributed by atoms with Crippen LogP contribution in [0, 0.1) is 13.8 Å². The maximum Gasteiger partial charge on any atom is 0.138 e. The molecular formula is C22H31N3O3. The Kier molecular flexibility index (Phi) is 5.99. The third-order valence-corrected chi connectivity index (χ3v) is 6.01. The van der Waals surface area contributed by atoms with Crippen LogP contribution in [0.25, 0.3) is 0 Å². The highest BCUT2D eigenvalue weighted by atomic mass is 16.5. The molecule has 0 radical (unpaired) electrons. The number of methoxy groups -OCH3 is 1. The number of benzene rings is 1. The van der Waals surface area contributed by atoms with Crippen LogP contribution in [0.5, 0.6) is 5.75 Å². The molecule has 0 spiro atoms. The van der Waals surface area contributed by atoms with E-state index < -0.39 is 0 Å². The van der Waals surface area contributed by atoms with E-state index in [-0.39, 0.29) is 0 Å². The minimum Gasteiger partial charge on any atom is -0.496 e. The van der Waals surface area contributed by atoms with Gasteiger partial charge in [-0.2, -0.15) is 0 Å². The molecule has 0 aliphatic carbocycles. The second-order valence-corrected chi connectivity index (χ2v) is 7.90. The minimum absolute atomic E-state index is 0.399. The summed E-state index contributed by atoms with van der Waals surface area (Å²) in [6.07, 6.45) is 2.38. The van der Waals surface area contributed by atoms with E-state index >= 15 is 0 Å². The van der Waals surface area contributed by atoms with E-state index in [0.717, 1.165) is 63.1 Å². The summed E-state index contributed by atoms with van der Waals surface area (Å²) in [6, 6.07) is 7.03. The Balaban J connectivity index is 1.51. The molecule has 1 atom stereocenters. The van der Waals surface area contributed by atoms with Gasteiger partial charge in [-0.3, -0.25) is 9.80 Å². The van der Waals surface area contributed by atoms with E-state index in [9.17, 15) is 0 Å². The van der Waals surface area contributed by atoms with Gasteiger partial charge in [0.05, 0.1) is 26.0 Å². The summed E-state index contributed by atoms with van der Waals surface area (Å²) in [6.45, 7) is 10.6. The number of aryl methyl sites for hydroxylation is 2. The first-order valence-corrected chi connectivity index (χ1v) is 10.3. The molecule has 2 aromatic rings. The van der Waals surface area contributed by atoms with Crippen LogP contribution in [0.2, 0.25) is 0 Å². The number of aromatic nitrogens is 1. The van der Waals surface area contributed by atoms with Gasteiger partial charge in [0.1, 0.15) is 11.5 Å². The molecule has 0 amide bonds. The smallest absolute Gasteiger partial charge is 0.138 e. The summed E-state index contributed by atoms with van der Waals surface area (Å²) in [5.41, 5.74) is 4.90. The van der Waals surface area contributed by atoms with E-state index in [1.54, 1.807) is 7.11 Å². The van der Waals surface area contributed by atoms with Gasteiger partial charge in [0, 0.05) is 43.3 Å². The highest BCUT2D eigenvalue weighted by molar-refractivity contribution is 5.37. The van der Waals surface area contributed by atoms with Crippen molar-refractivity contribution in [2.75, 3.05) is 40.0 Å². The molecule has 152 valence electrons. The Hall–Kier alpha value is -1.89. The Morgan fingerprint density at radius 2 is 1.96 bits per heavy atom. The fourth-order valence-corrected chi connectivity index (χ4v) is 4.60. The molecule has 0 saturated carbocycles. The Morgan fingerprint density at radius 3 is 2.68 bits per heavy atom. The van der Waals surface area contributed by atoms with Crippen LogP contribution in [0.15, 0.2) is 22.7 Å². The lowest BCUT2D eigenvalue weighted by Gasteiger charge is -2.28. The van der Waals surface area contributed by atoms with Gasteiger partial charge in [-0.1, -0.05) is 11.2 Å². The average molecular weight is 386 g/mol. The van der Waals surface area contributed by atoms with Crippen LogP contribution in [0.1, 0.15) is 47.0 Å². The summed E-state index contributed by atoms with van der Waals surface area (Å²) < 4.78 is 16.5. The van der Waals surface area contributed by atoms with Gasteiger partial charge >= 0.3 is 0 Å². The molecule has 6 heteroatoms. The summed E-state index contributed by atoms with van der Waals surface area (Å²) >= 11 is 0. The number of morpholine rings is 1. The number of rotatable bonds is 6. The Morgan fingerprint density at radius 1 is 1.14 bits per heavy atom. The lowest BCUT2D eigenvalue weighted by Crippen LogP contribution is -2.35.